The Bertz CT molecular complexity index is 464. The molecule has 6 heteroatoms. The summed E-state index contributed by atoms with van der Waals surface area (Å²) in [7, 11) is 0. The summed E-state index contributed by atoms with van der Waals surface area (Å²) in [5.41, 5.74) is 5.96. The van der Waals surface area contributed by atoms with E-state index >= 15 is 0 Å². The van der Waals surface area contributed by atoms with Crippen LogP contribution in [0, 0.1) is 5.92 Å². The third-order valence-corrected chi connectivity index (χ3v) is 3.15. The molecular weight excluding hydrogens is 242 g/mol. The largest absolute Gasteiger partial charge is 0.369 e. The van der Waals surface area contributed by atoms with Crippen LogP contribution < -0.4 is 5.73 Å². The summed E-state index contributed by atoms with van der Waals surface area (Å²) in [6.45, 7) is 0.731. The molecule has 90 valence electrons. The van der Waals surface area contributed by atoms with E-state index in [2.05, 4.69) is 4.98 Å². The molecular formula is C11H12ClN3O2. The lowest BCUT2D eigenvalue weighted by Crippen LogP contribution is -2.28. The van der Waals surface area contributed by atoms with Gasteiger partial charge in [-0.1, -0.05) is 17.7 Å². The van der Waals surface area contributed by atoms with Crippen LogP contribution in [-0.4, -0.2) is 28.2 Å². The summed E-state index contributed by atoms with van der Waals surface area (Å²) < 4.78 is 0. The van der Waals surface area contributed by atoms with Gasteiger partial charge < -0.3 is 10.6 Å². The minimum absolute atomic E-state index is 0.0753. The molecule has 17 heavy (non-hydrogen) atoms. The molecule has 1 fully saturated rings. The predicted octanol–water partition coefficient (Wildman–Crippen LogP) is 0.569. The third kappa shape index (κ3) is 2.55. The lowest BCUT2D eigenvalue weighted by Gasteiger charge is -2.16. The summed E-state index contributed by atoms with van der Waals surface area (Å²) in [4.78, 5) is 28.2. The van der Waals surface area contributed by atoms with Crippen LogP contribution in [0.5, 0.6) is 0 Å². The van der Waals surface area contributed by atoms with Gasteiger partial charge in [0.15, 0.2) is 0 Å². The van der Waals surface area contributed by atoms with Gasteiger partial charge in [-0.15, -0.1) is 0 Å². The molecule has 1 aliphatic heterocycles. The van der Waals surface area contributed by atoms with Crippen molar-refractivity contribution >= 4 is 23.4 Å². The van der Waals surface area contributed by atoms with Crippen LogP contribution in [0.3, 0.4) is 0 Å². The molecule has 1 atom stereocenters. The fourth-order valence-electron chi connectivity index (χ4n) is 1.86. The molecule has 2 rings (SSSR count). The number of amides is 2. The molecule has 2 amide bonds. The predicted molar refractivity (Wildman–Crippen MR) is 62.0 cm³/mol. The van der Waals surface area contributed by atoms with E-state index in [0.29, 0.717) is 18.2 Å². The number of likely N-dealkylation sites (tertiary alicyclic amines) is 1. The van der Waals surface area contributed by atoms with Gasteiger partial charge in [0.25, 0.3) is 0 Å². The van der Waals surface area contributed by atoms with Crippen LogP contribution >= 0.6 is 11.6 Å². The zero-order valence-electron chi connectivity index (χ0n) is 9.10. The highest BCUT2D eigenvalue weighted by atomic mass is 35.5. The highest BCUT2D eigenvalue weighted by molar-refractivity contribution is 6.30. The highest BCUT2D eigenvalue weighted by Gasteiger charge is 2.33. The molecule has 1 aromatic heterocycles. The van der Waals surface area contributed by atoms with Gasteiger partial charge in [-0.2, -0.15) is 0 Å². The fourth-order valence-corrected chi connectivity index (χ4v) is 2.04. The van der Waals surface area contributed by atoms with Gasteiger partial charge >= 0.3 is 0 Å². The van der Waals surface area contributed by atoms with Gasteiger partial charge in [0.1, 0.15) is 5.15 Å². The summed E-state index contributed by atoms with van der Waals surface area (Å²) >= 11 is 5.91. The first-order valence-electron chi connectivity index (χ1n) is 5.24. The molecule has 1 aliphatic rings. The average Bonchev–Trinajstić information content (AvgIpc) is 2.64. The molecule has 2 heterocycles. The van der Waals surface area contributed by atoms with Crippen molar-refractivity contribution in [3.05, 3.63) is 29.0 Å². The molecule has 5 nitrogen and oxygen atoms in total. The fraction of sp³-hybridized carbons (Fsp3) is 0.364. The van der Waals surface area contributed by atoms with E-state index in [4.69, 9.17) is 17.3 Å². The first-order valence-corrected chi connectivity index (χ1v) is 5.62. The van der Waals surface area contributed by atoms with Crippen molar-refractivity contribution < 1.29 is 9.59 Å². The summed E-state index contributed by atoms with van der Waals surface area (Å²) in [6, 6.07) is 3.56. The quantitative estimate of drug-likeness (QED) is 0.800. The zero-order valence-corrected chi connectivity index (χ0v) is 9.85. The van der Waals surface area contributed by atoms with E-state index in [1.807, 2.05) is 0 Å². The Balaban J connectivity index is 2.08. The number of hydrogen-bond acceptors (Lipinski definition) is 3. The Hall–Kier alpha value is -1.62. The Morgan fingerprint density at radius 1 is 1.65 bits per heavy atom. The summed E-state index contributed by atoms with van der Waals surface area (Å²) in [5.74, 6) is -0.898. The van der Waals surface area contributed by atoms with E-state index < -0.39 is 11.8 Å². The first kappa shape index (κ1) is 11.9. The van der Waals surface area contributed by atoms with Crippen molar-refractivity contribution in [2.75, 3.05) is 6.54 Å². The van der Waals surface area contributed by atoms with Crippen LogP contribution in [-0.2, 0) is 16.1 Å². The maximum absolute atomic E-state index is 11.7. The highest BCUT2D eigenvalue weighted by Crippen LogP contribution is 2.22. The molecule has 0 radical (unpaired) electrons. The number of nitrogens with zero attached hydrogens (tertiary/aromatic N) is 2. The van der Waals surface area contributed by atoms with Crippen LogP contribution in [0.4, 0.5) is 0 Å². The van der Waals surface area contributed by atoms with E-state index in [1.54, 1.807) is 23.2 Å². The Kier molecular flexibility index (Phi) is 3.28. The van der Waals surface area contributed by atoms with Crippen molar-refractivity contribution in [2.24, 2.45) is 11.7 Å². The number of primary amides is 1. The number of aromatic nitrogens is 1. The van der Waals surface area contributed by atoms with E-state index in [1.165, 1.54) is 0 Å². The SMILES string of the molecule is NC(=O)C1CC(=O)N(Cc2cccnc2Cl)C1. The van der Waals surface area contributed by atoms with Crippen molar-refractivity contribution in [1.29, 1.82) is 0 Å². The Morgan fingerprint density at radius 3 is 3.00 bits per heavy atom. The Morgan fingerprint density at radius 2 is 2.41 bits per heavy atom. The van der Waals surface area contributed by atoms with Crippen molar-refractivity contribution in [3.8, 4) is 0 Å². The maximum Gasteiger partial charge on any atom is 0.223 e. The van der Waals surface area contributed by atoms with Gasteiger partial charge in [-0.3, -0.25) is 9.59 Å². The maximum atomic E-state index is 11.7. The lowest BCUT2D eigenvalue weighted by molar-refractivity contribution is -0.128. The number of nitrogens with two attached hydrogens (primary N) is 1. The molecule has 0 aromatic carbocycles. The van der Waals surface area contributed by atoms with E-state index in [-0.39, 0.29) is 12.3 Å². The number of pyridine rings is 1. The van der Waals surface area contributed by atoms with Gasteiger partial charge in [0.2, 0.25) is 11.8 Å². The molecule has 1 unspecified atom stereocenters. The topological polar surface area (TPSA) is 76.3 Å². The number of carbonyl (C=O) groups is 2. The Labute approximate surface area is 104 Å². The van der Waals surface area contributed by atoms with Crippen LogP contribution in [0.1, 0.15) is 12.0 Å². The molecule has 2 N–H and O–H groups in total. The van der Waals surface area contributed by atoms with Crippen molar-refractivity contribution in [3.63, 3.8) is 0 Å². The van der Waals surface area contributed by atoms with Gasteiger partial charge in [-0.05, 0) is 6.07 Å². The number of carbonyl (C=O) groups excluding carboxylic acids is 2. The molecule has 1 aromatic rings. The second-order valence-electron chi connectivity index (χ2n) is 4.03. The smallest absolute Gasteiger partial charge is 0.223 e. The van der Waals surface area contributed by atoms with E-state index in [9.17, 15) is 9.59 Å². The minimum Gasteiger partial charge on any atom is -0.369 e. The normalized spacial score (nSPS) is 19.7. The van der Waals surface area contributed by atoms with Gasteiger partial charge in [0.05, 0.1) is 5.92 Å². The van der Waals surface area contributed by atoms with Gasteiger partial charge in [0, 0.05) is 31.3 Å². The monoisotopic (exact) mass is 253 g/mol. The minimum atomic E-state index is -0.432. The number of hydrogen-bond donors (Lipinski definition) is 1. The summed E-state index contributed by atoms with van der Waals surface area (Å²) in [6.07, 6.45) is 1.77. The second kappa shape index (κ2) is 4.71. The molecule has 0 spiro atoms. The average molecular weight is 254 g/mol. The molecule has 0 saturated carbocycles. The van der Waals surface area contributed by atoms with Crippen LogP contribution in [0.15, 0.2) is 18.3 Å². The van der Waals surface area contributed by atoms with Crippen LogP contribution in [0.25, 0.3) is 0 Å². The van der Waals surface area contributed by atoms with Gasteiger partial charge in [-0.25, -0.2) is 4.98 Å². The van der Waals surface area contributed by atoms with Crippen molar-refractivity contribution in [2.45, 2.75) is 13.0 Å². The standard InChI is InChI=1S/C11H12ClN3O2/c12-10-7(2-1-3-14-10)5-15-6-8(11(13)17)4-9(15)16/h1-3,8H,4-6H2,(H2,13,17). The summed E-state index contributed by atoms with van der Waals surface area (Å²) in [5, 5.41) is 0.378. The molecule has 1 saturated heterocycles. The second-order valence-corrected chi connectivity index (χ2v) is 4.39. The van der Waals surface area contributed by atoms with Crippen molar-refractivity contribution in [1.82, 2.24) is 9.88 Å². The molecule has 0 bridgehead atoms. The molecule has 0 aliphatic carbocycles. The zero-order chi connectivity index (χ0) is 12.4. The van der Waals surface area contributed by atoms with Crippen LogP contribution in [0.2, 0.25) is 5.15 Å². The third-order valence-electron chi connectivity index (χ3n) is 2.81. The van der Waals surface area contributed by atoms with E-state index in [0.717, 1.165) is 5.56 Å². The number of rotatable bonds is 3. The first-order chi connectivity index (χ1) is 8.08. The number of halogens is 1. The lowest BCUT2D eigenvalue weighted by atomic mass is 10.1.